The summed E-state index contributed by atoms with van der Waals surface area (Å²) < 4.78 is 7.14. The molecule has 138 valence electrons. The van der Waals surface area contributed by atoms with Crippen LogP contribution >= 0.6 is 0 Å². The molecular formula is C19H19N5O3. The smallest absolute Gasteiger partial charge is 0.258 e. The third-order valence-corrected chi connectivity index (χ3v) is 3.90. The Kier molecular flexibility index (Phi) is 5.78. The highest BCUT2D eigenvalue weighted by Gasteiger charge is 2.07. The summed E-state index contributed by atoms with van der Waals surface area (Å²) in [6, 6.07) is 14.1. The molecule has 3 aromatic rings. The Morgan fingerprint density at radius 2 is 1.81 bits per heavy atom. The molecule has 0 bridgehead atoms. The van der Waals surface area contributed by atoms with E-state index >= 15 is 0 Å². The lowest BCUT2D eigenvalue weighted by molar-refractivity contribution is -0.123. The summed E-state index contributed by atoms with van der Waals surface area (Å²) in [4.78, 5) is 27.0. The number of amides is 2. The maximum Gasteiger partial charge on any atom is 0.258 e. The molecule has 0 fully saturated rings. The third-order valence-electron chi connectivity index (χ3n) is 3.90. The van der Waals surface area contributed by atoms with Gasteiger partial charge in [0.2, 0.25) is 5.91 Å². The molecule has 0 aliphatic carbocycles. The van der Waals surface area contributed by atoms with E-state index < -0.39 is 5.91 Å². The maximum absolute atomic E-state index is 12.1. The monoisotopic (exact) mass is 365 g/mol. The van der Waals surface area contributed by atoms with Crippen molar-refractivity contribution in [2.45, 2.75) is 13.1 Å². The van der Waals surface area contributed by atoms with Gasteiger partial charge in [0.05, 0.1) is 6.54 Å². The number of hydrogen-bond acceptors (Lipinski definition) is 5. The molecule has 0 saturated carbocycles. The lowest BCUT2D eigenvalue weighted by Gasteiger charge is -2.11. The molecule has 3 rings (SSSR count). The first-order valence-electron chi connectivity index (χ1n) is 8.30. The number of carbonyl (C=O) groups is 2. The van der Waals surface area contributed by atoms with Crippen molar-refractivity contribution in [3.05, 3.63) is 77.9 Å². The van der Waals surface area contributed by atoms with Crippen LogP contribution in [0, 0.1) is 0 Å². The zero-order chi connectivity index (χ0) is 19.1. The summed E-state index contributed by atoms with van der Waals surface area (Å²) >= 11 is 0. The molecule has 0 saturated heterocycles. The van der Waals surface area contributed by atoms with Crippen LogP contribution in [0.15, 0.2) is 61.2 Å². The quantitative estimate of drug-likeness (QED) is 0.621. The van der Waals surface area contributed by atoms with Gasteiger partial charge in [-0.1, -0.05) is 24.3 Å². The summed E-state index contributed by atoms with van der Waals surface area (Å²) in [5, 5.41) is 6.93. The normalized spacial score (nSPS) is 10.4. The zero-order valence-electron chi connectivity index (χ0n) is 14.5. The average Bonchev–Trinajstić information content (AvgIpc) is 3.19. The molecule has 0 atom stereocenters. The van der Waals surface area contributed by atoms with Gasteiger partial charge in [0.15, 0.2) is 6.61 Å². The van der Waals surface area contributed by atoms with Gasteiger partial charge >= 0.3 is 0 Å². The summed E-state index contributed by atoms with van der Waals surface area (Å²) in [6.07, 6.45) is 3.13. The number of primary amides is 1. The van der Waals surface area contributed by atoms with Crippen molar-refractivity contribution in [1.29, 1.82) is 0 Å². The van der Waals surface area contributed by atoms with Crippen LogP contribution in [0.25, 0.3) is 0 Å². The number of ether oxygens (including phenoxy) is 1. The standard InChI is InChI=1S/C19H19N5O3/c20-19(26)14-5-7-17(8-6-14)27-11-18(25)22-9-15-3-1-2-4-16(15)10-24-13-21-12-23-24/h1-8,12-13H,9-11H2,(H2,20,26)(H,22,25). The van der Waals surface area contributed by atoms with Gasteiger partial charge in [0.25, 0.3) is 5.91 Å². The molecule has 0 aliphatic heterocycles. The van der Waals surface area contributed by atoms with E-state index in [1.807, 2.05) is 24.3 Å². The Bertz CT molecular complexity index is 907. The summed E-state index contributed by atoms with van der Waals surface area (Å²) in [5.41, 5.74) is 7.61. The first-order valence-corrected chi connectivity index (χ1v) is 8.30. The molecule has 2 amide bonds. The van der Waals surface area contributed by atoms with Crippen molar-refractivity contribution in [1.82, 2.24) is 20.1 Å². The number of nitrogens with two attached hydrogens (primary N) is 1. The minimum atomic E-state index is -0.510. The second kappa shape index (κ2) is 8.61. The highest BCUT2D eigenvalue weighted by atomic mass is 16.5. The van der Waals surface area contributed by atoms with E-state index in [4.69, 9.17) is 10.5 Å². The molecule has 3 N–H and O–H groups in total. The van der Waals surface area contributed by atoms with Crippen LogP contribution in [0.4, 0.5) is 0 Å². The molecule has 2 aromatic carbocycles. The fourth-order valence-corrected chi connectivity index (χ4v) is 2.48. The number of rotatable bonds is 8. The van der Waals surface area contributed by atoms with Crippen molar-refractivity contribution < 1.29 is 14.3 Å². The SMILES string of the molecule is NC(=O)c1ccc(OCC(=O)NCc2ccccc2Cn2cncn2)cc1. The fourth-order valence-electron chi connectivity index (χ4n) is 2.48. The van der Waals surface area contributed by atoms with Crippen LogP contribution < -0.4 is 15.8 Å². The summed E-state index contributed by atoms with van der Waals surface area (Å²) in [6.45, 7) is 0.837. The zero-order valence-corrected chi connectivity index (χ0v) is 14.5. The second-order valence-electron chi connectivity index (χ2n) is 5.82. The van der Waals surface area contributed by atoms with Crippen LogP contribution in [0.3, 0.4) is 0 Å². The van der Waals surface area contributed by atoms with Crippen LogP contribution in [0.5, 0.6) is 5.75 Å². The first kappa shape index (κ1) is 18.1. The Morgan fingerprint density at radius 3 is 2.48 bits per heavy atom. The Hall–Kier alpha value is -3.68. The number of nitrogens with one attached hydrogen (secondary N) is 1. The van der Waals surface area contributed by atoms with E-state index in [2.05, 4.69) is 15.4 Å². The van der Waals surface area contributed by atoms with Crippen LogP contribution in [-0.2, 0) is 17.9 Å². The number of hydrogen-bond donors (Lipinski definition) is 2. The molecular weight excluding hydrogens is 346 g/mol. The average molecular weight is 365 g/mol. The van der Waals surface area contributed by atoms with Crippen LogP contribution in [0.1, 0.15) is 21.5 Å². The minimum Gasteiger partial charge on any atom is -0.484 e. The van der Waals surface area contributed by atoms with Gasteiger partial charge in [0, 0.05) is 12.1 Å². The molecule has 27 heavy (non-hydrogen) atoms. The topological polar surface area (TPSA) is 112 Å². The molecule has 0 aliphatic rings. The second-order valence-corrected chi connectivity index (χ2v) is 5.82. The highest BCUT2D eigenvalue weighted by Crippen LogP contribution is 2.12. The van der Waals surface area contributed by atoms with Crippen molar-refractivity contribution in [2.75, 3.05) is 6.61 Å². The molecule has 0 radical (unpaired) electrons. The largest absolute Gasteiger partial charge is 0.484 e. The Labute approximate surface area is 156 Å². The molecule has 8 nitrogen and oxygen atoms in total. The van der Waals surface area contributed by atoms with E-state index in [-0.39, 0.29) is 12.5 Å². The Balaban J connectivity index is 1.51. The lowest BCUT2D eigenvalue weighted by atomic mass is 10.1. The predicted octanol–water partition coefficient (Wildman–Crippen LogP) is 1.12. The van der Waals surface area contributed by atoms with Gasteiger partial charge in [-0.25, -0.2) is 9.67 Å². The molecule has 8 heteroatoms. The fraction of sp³-hybridized carbons (Fsp3) is 0.158. The maximum atomic E-state index is 12.1. The lowest BCUT2D eigenvalue weighted by Crippen LogP contribution is -2.28. The number of carbonyl (C=O) groups excluding carboxylic acids is 2. The number of aromatic nitrogens is 3. The predicted molar refractivity (Wildman–Crippen MR) is 97.9 cm³/mol. The summed E-state index contributed by atoms with van der Waals surface area (Å²) in [5.74, 6) is -0.268. The molecule has 1 heterocycles. The van der Waals surface area contributed by atoms with E-state index in [1.165, 1.54) is 6.33 Å². The minimum absolute atomic E-state index is 0.124. The van der Waals surface area contributed by atoms with Gasteiger partial charge in [-0.2, -0.15) is 5.10 Å². The number of nitrogens with zero attached hydrogens (tertiary/aromatic N) is 3. The first-order chi connectivity index (χ1) is 13.1. The van der Waals surface area contributed by atoms with E-state index in [9.17, 15) is 9.59 Å². The highest BCUT2D eigenvalue weighted by molar-refractivity contribution is 5.92. The molecule has 1 aromatic heterocycles. The van der Waals surface area contributed by atoms with E-state index in [0.29, 0.717) is 24.4 Å². The van der Waals surface area contributed by atoms with Crippen molar-refractivity contribution in [3.8, 4) is 5.75 Å². The van der Waals surface area contributed by atoms with E-state index in [0.717, 1.165) is 11.1 Å². The van der Waals surface area contributed by atoms with Gasteiger partial charge in [-0.05, 0) is 35.4 Å². The van der Waals surface area contributed by atoms with Crippen LogP contribution in [-0.4, -0.2) is 33.2 Å². The van der Waals surface area contributed by atoms with Crippen molar-refractivity contribution >= 4 is 11.8 Å². The molecule has 0 unspecified atom stereocenters. The Morgan fingerprint density at radius 1 is 1.07 bits per heavy atom. The molecule has 0 spiro atoms. The van der Waals surface area contributed by atoms with Crippen LogP contribution in [0.2, 0.25) is 0 Å². The van der Waals surface area contributed by atoms with Gasteiger partial charge in [-0.15, -0.1) is 0 Å². The number of benzene rings is 2. The van der Waals surface area contributed by atoms with Gasteiger partial charge < -0.3 is 15.8 Å². The van der Waals surface area contributed by atoms with Gasteiger partial charge in [0.1, 0.15) is 18.4 Å². The summed E-state index contributed by atoms with van der Waals surface area (Å²) in [7, 11) is 0. The van der Waals surface area contributed by atoms with Crippen molar-refractivity contribution in [3.63, 3.8) is 0 Å². The van der Waals surface area contributed by atoms with E-state index in [1.54, 1.807) is 35.3 Å². The van der Waals surface area contributed by atoms with Gasteiger partial charge in [-0.3, -0.25) is 9.59 Å². The van der Waals surface area contributed by atoms with Crippen molar-refractivity contribution in [2.24, 2.45) is 5.73 Å². The third kappa shape index (κ3) is 5.15.